The first-order chi connectivity index (χ1) is 13.7. The van der Waals surface area contributed by atoms with Crippen LogP contribution in [0.1, 0.15) is 17.0 Å². The van der Waals surface area contributed by atoms with E-state index >= 15 is 0 Å². The molecule has 6 nitrogen and oxygen atoms in total. The highest BCUT2D eigenvalue weighted by molar-refractivity contribution is 7.99. The van der Waals surface area contributed by atoms with Crippen LogP contribution in [0.2, 0.25) is 0 Å². The highest BCUT2D eigenvalue weighted by Crippen LogP contribution is 2.21. The van der Waals surface area contributed by atoms with E-state index in [1.165, 1.54) is 22.9 Å². The van der Waals surface area contributed by atoms with Crippen molar-refractivity contribution in [3.8, 4) is 5.75 Å². The minimum Gasteiger partial charge on any atom is -0.486 e. The lowest BCUT2D eigenvalue weighted by atomic mass is 10.00. The molecule has 0 unspecified atom stereocenters. The molecule has 1 aromatic heterocycles. The van der Waals surface area contributed by atoms with Crippen LogP contribution in [-0.4, -0.2) is 37.9 Å². The number of para-hydroxylation sites is 1. The number of nitrogens with zero attached hydrogens (tertiary/aromatic N) is 4. The van der Waals surface area contributed by atoms with Crippen molar-refractivity contribution in [3.63, 3.8) is 0 Å². The summed E-state index contributed by atoms with van der Waals surface area (Å²) < 4.78 is 7.61. The summed E-state index contributed by atoms with van der Waals surface area (Å²) in [6.07, 6.45) is 0.914. The van der Waals surface area contributed by atoms with E-state index in [2.05, 4.69) is 28.4 Å². The average molecular weight is 395 g/mol. The number of thioether (sulfide) groups is 1. The molecular formula is C21H22N4O2S. The van der Waals surface area contributed by atoms with E-state index in [1.54, 1.807) is 0 Å². The zero-order valence-corrected chi connectivity index (χ0v) is 16.6. The normalized spacial score (nSPS) is 13.2. The van der Waals surface area contributed by atoms with E-state index < -0.39 is 0 Å². The van der Waals surface area contributed by atoms with E-state index in [0.29, 0.717) is 18.9 Å². The Morgan fingerprint density at radius 1 is 1.07 bits per heavy atom. The number of fused-ring (bicyclic) bond motifs is 1. The molecule has 0 radical (unpaired) electrons. The molecule has 0 spiro atoms. The number of carbonyl (C=O) groups excluding carboxylic acids is 1. The van der Waals surface area contributed by atoms with Crippen molar-refractivity contribution in [2.24, 2.45) is 7.05 Å². The average Bonchev–Trinajstić information content (AvgIpc) is 3.10. The van der Waals surface area contributed by atoms with Crippen LogP contribution in [0.15, 0.2) is 59.8 Å². The Hall–Kier alpha value is -2.80. The lowest BCUT2D eigenvalue weighted by Gasteiger charge is -2.28. The molecule has 2 aromatic carbocycles. The molecule has 1 amide bonds. The van der Waals surface area contributed by atoms with Crippen molar-refractivity contribution in [1.29, 1.82) is 0 Å². The van der Waals surface area contributed by atoms with Crippen LogP contribution in [0.25, 0.3) is 0 Å². The second-order valence-electron chi connectivity index (χ2n) is 6.68. The maximum absolute atomic E-state index is 12.6. The summed E-state index contributed by atoms with van der Waals surface area (Å²) >= 11 is 1.42. The second kappa shape index (κ2) is 8.48. The third-order valence-electron chi connectivity index (χ3n) is 4.84. The molecule has 0 saturated heterocycles. The fourth-order valence-electron chi connectivity index (χ4n) is 3.19. The van der Waals surface area contributed by atoms with E-state index in [0.717, 1.165) is 29.7 Å². The maximum Gasteiger partial charge on any atom is 0.233 e. The third kappa shape index (κ3) is 4.20. The first-order valence-electron chi connectivity index (χ1n) is 9.24. The van der Waals surface area contributed by atoms with Crippen LogP contribution in [0.5, 0.6) is 5.75 Å². The van der Waals surface area contributed by atoms with Gasteiger partial charge in [0.2, 0.25) is 5.91 Å². The molecule has 4 rings (SSSR count). The van der Waals surface area contributed by atoms with Gasteiger partial charge in [0, 0.05) is 20.1 Å². The van der Waals surface area contributed by atoms with Gasteiger partial charge in [-0.05, 0) is 29.7 Å². The highest BCUT2D eigenvalue weighted by Gasteiger charge is 2.21. The van der Waals surface area contributed by atoms with Gasteiger partial charge in [0.15, 0.2) is 11.0 Å². The van der Waals surface area contributed by atoms with Gasteiger partial charge in [-0.2, -0.15) is 0 Å². The van der Waals surface area contributed by atoms with Gasteiger partial charge in [-0.3, -0.25) is 4.79 Å². The molecule has 0 N–H and O–H groups in total. The third-order valence-corrected chi connectivity index (χ3v) is 5.85. The predicted octanol–water partition coefficient (Wildman–Crippen LogP) is 3.07. The Labute approximate surface area is 168 Å². The monoisotopic (exact) mass is 394 g/mol. The fraction of sp³-hybridized carbons (Fsp3) is 0.286. The molecule has 0 atom stereocenters. The Balaban J connectivity index is 1.31. The van der Waals surface area contributed by atoms with E-state index in [9.17, 15) is 4.79 Å². The number of benzene rings is 2. The predicted molar refractivity (Wildman–Crippen MR) is 108 cm³/mol. The smallest absolute Gasteiger partial charge is 0.233 e. The molecule has 2 heterocycles. The number of hydrogen-bond donors (Lipinski definition) is 0. The number of aromatic nitrogens is 3. The fourth-order valence-corrected chi connectivity index (χ4v) is 4.02. The topological polar surface area (TPSA) is 60.2 Å². The highest BCUT2D eigenvalue weighted by atomic mass is 32.2. The standard InChI is InChI=1S/C21H22N4O2S/c1-24-19(14-27-18-9-3-2-4-10-18)22-23-21(24)28-15-20(26)25-12-11-16-7-5-6-8-17(16)13-25/h2-10H,11-15H2,1H3. The lowest BCUT2D eigenvalue weighted by Crippen LogP contribution is -2.37. The van der Waals surface area contributed by atoms with Crippen LogP contribution in [0.3, 0.4) is 0 Å². The van der Waals surface area contributed by atoms with Crippen LogP contribution in [-0.2, 0) is 31.4 Å². The van der Waals surface area contributed by atoms with Crippen LogP contribution in [0, 0.1) is 0 Å². The first kappa shape index (κ1) is 18.6. The minimum absolute atomic E-state index is 0.129. The molecule has 0 bridgehead atoms. The molecule has 1 aliphatic rings. The number of hydrogen-bond acceptors (Lipinski definition) is 5. The van der Waals surface area contributed by atoms with Crippen LogP contribution < -0.4 is 4.74 Å². The Morgan fingerprint density at radius 2 is 1.82 bits per heavy atom. The number of amides is 1. The molecule has 1 aliphatic heterocycles. The first-order valence-corrected chi connectivity index (χ1v) is 10.2. The maximum atomic E-state index is 12.6. The summed E-state index contributed by atoms with van der Waals surface area (Å²) in [5.74, 6) is 2.00. The summed E-state index contributed by atoms with van der Waals surface area (Å²) in [4.78, 5) is 14.6. The molecule has 0 aliphatic carbocycles. The molecule has 144 valence electrons. The quantitative estimate of drug-likeness (QED) is 0.602. The van der Waals surface area contributed by atoms with Crippen molar-refractivity contribution in [2.45, 2.75) is 24.7 Å². The van der Waals surface area contributed by atoms with Crippen molar-refractivity contribution < 1.29 is 9.53 Å². The summed E-state index contributed by atoms with van der Waals surface area (Å²) in [6, 6.07) is 17.9. The van der Waals surface area contributed by atoms with Gasteiger partial charge in [-0.25, -0.2) is 0 Å². The second-order valence-corrected chi connectivity index (χ2v) is 7.62. The van der Waals surface area contributed by atoms with Gasteiger partial charge in [-0.15, -0.1) is 10.2 Å². The van der Waals surface area contributed by atoms with Gasteiger partial charge in [0.05, 0.1) is 5.75 Å². The molecule has 0 saturated carbocycles. The van der Waals surface area contributed by atoms with Crippen molar-refractivity contribution in [1.82, 2.24) is 19.7 Å². The zero-order valence-electron chi connectivity index (χ0n) is 15.7. The van der Waals surface area contributed by atoms with Gasteiger partial charge in [0.1, 0.15) is 12.4 Å². The number of rotatable bonds is 6. The SMILES string of the molecule is Cn1c(COc2ccccc2)nnc1SCC(=O)N1CCc2ccccc2C1. The Kier molecular flexibility index (Phi) is 5.62. The summed E-state index contributed by atoms with van der Waals surface area (Å²) in [7, 11) is 1.90. The summed E-state index contributed by atoms with van der Waals surface area (Å²) in [6.45, 7) is 1.79. The Bertz CT molecular complexity index is 958. The van der Waals surface area contributed by atoms with Crippen LogP contribution >= 0.6 is 11.8 Å². The number of carbonyl (C=O) groups is 1. The summed E-state index contributed by atoms with van der Waals surface area (Å²) in [5, 5.41) is 9.12. The minimum atomic E-state index is 0.129. The van der Waals surface area contributed by atoms with Crippen molar-refractivity contribution in [2.75, 3.05) is 12.3 Å². The van der Waals surface area contributed by atoms with Gasteiger partial charge < -0.3 is 14.2 Å². The molecular weight excluding hydrogens is 372 g/mol. The van der Waals surface area contributed by atoms with E-state index in [-0.39, 0.29) is 5.91 Å². The van der Waals surface area contributed by atoms with Crippen molar-refractivity contribution in [3.05, 3.63) is 71.5 Å². The lowest BCUT2D eigenvalue weighted by molar-refractivity contribution is -0.129. The molecule has 7 heteroatoms. The van der Waals surface area contributed by atoms with Crippen molar-refractivity contribution >= 4 is 17.7 Å². The van der Waals surface area contributed by atoms with E-state index in [4.69, 9.17) is 4.74 Å². The molecule has 28 heavy (non-hydrogen) atoms. The van der Waals surface area contributed by atoms with Gasteiger partial charge in [-0.1, -0.05) is 54.2 Å². The van der Waals surface area contributed by atoms with Gasteiger partial charge >= 0.3 is 0 Å². The Morgan fingerprint density at radius 3 is 2.64 bits per heavy atom. The summed E-state index contributed by atoms with van der Waals surface area (Å²) in [5.41, 5.74) is 2.58. The van der Waals surface area contributed by atoms with E-state index in [1.807, 2.05) is 52.9 Å². The number of ether oxygens (including phenoxy) is 1. The van der Waals surface area contributed by atoms with Gasteiger partial charge in [0.25, 0.3) is 0 Å². The van der Waals surface area contributed by atoms with Crippen LogP contribution in [0.4, 0.5) is 0 Å². The molecule has 0 fully saturated rings. The zero-order chi connectivity index (χ0) is 19.3. The molecule has 3 aromatic rings. The largest absolute Gasteiger partial charge is 0.486 e.